The number of ether oxygens (including phenoxy) is 1. The number of amides is 1. The van der Waals surface area contributed by atoms with Gasteiger partial charge in [-0.2, -0.15) is 0 Å². The van der Waals surface area contributed by atoms with Crippen LogP contribution in [0.5, 0.6) is 5.75 Å². The van der Waals surface area contributed by atoms with Crippen molar-refractivity contribution in [1.29, 1.82) is 0 Å². The van der Waals surface area contributed by atoms with Crippen LogP contribution in [0.25, 0.3) is 0 Å². The summed E-state index contributed by atoms with van der Waals surface area (Å²) in [6.45, 7) is 4.34. The van der Waals surface area contributed by atoms with Gasteiger partial charge < -0.3 is 15.8 Å². The van der Waals surface area contributed by atoms with Crippen LogP contribution in [0.15, 0.2) is 24.3 Å². The molecule has 0 bridgehead atoms. The molecule has 0 saturated heterocycles. The summed E-state index contributed by atoms with van der Waals surface area (Å²) in [7, 11) is 0. The van der Waals surface area contributed by atoms with E-state index in [2.05, 4.69) is 5.32 Å². The van der Waals surface area contributed by atoms with Crippen molar-refractivity contribution in [2.24, 2.45) is 5.73 Å². The van der Waals surface area contributed by atoms with Crippen LogP contribution in [-0.2, 0) is 4.79 Å². The van der Waals surface area contributed by atoms with E-state index in [0.29, 0.717) is 24.5 Å². The number of rotatable bonds is 5. The monoisotopic (exact) mass is 222 g/mol. The fourth-order valence-electron chi connectivity index (χ4n) is 1.26. The van der Waals surface area contributed by atoms with Crippen molar-refractivity contribution in [1.82, 2.24) is 0 Å². The Morgan fingerprint density at radius 3 is 2.75 bits per heavy atom. The number of carbonyl (C=O) groups is 1. The Bertz CT molecular complexity index is 353. The molecule has 1 rings (SSSR count). The van der Waals surface area contributed by atoms with Gasteiger partial charge in [0.25, 0.3) is 0 Å². The van der Waals surface area contributed by atoms with Crippen molar-refractivity contribution >= 4 is 11.6 Å². The van der Waals surface area contributed by atoms with Crippen LogP contribution in [0, 0.1) is 0 Å². The first kappa shape index (κ1) is 12.5. The Balaban J connectivity index is 2.76. The molecular formula is C12H18N2O2. The van der Waals surface area contributed by atoms with E-state index in [1.165, 1.54) is 0 Å². The van der Waals surface area contributed by atoms with E-state index in [1.807, 2.05) is 32.0 Å². The molecule has 0 unspecified atom stereocenters. The third-order valence-electron chi connectivity index (χ3n) is 2.22. The number of para-hydroxylation sites is 2. The number of carbonyl (C=O) groups excluding carboxylic acids is 1. The number of hydrogen-bond acceptors (Lipinski definition) is 3. The summed E-state index contributed by atoms with van der Waals surface area (Å²) in [4.78, 5) is 11.6. The van der Waals surface area contributed by atoms with E-state index < -0.39 is 6.04 Å². The predicted octanol–water partition coefficient (Wildman–Crippen LogP) is 1.76. The van der Waals surface area contributed by atoms with Gasteiger partial charge in [0.15, 0.2) is 0 Å². The average Bonchev–Trinajstić information content (AvgIpc) is 2.31. The molecular weight excluding hydrogens is 204 g/mol. The van der Waals surface area contributed by atoms with Gasteiger partial charge in [-0.1, -0.05) is 19.1 Å². The van der Waals surface area contributed by atoms with Crippen LogP contribution in [0.3, 0.4) is 0 Å². The molecule has 3 N–H and O–H groups in total. The molecule has 1 atom stereocenters. The third kappa shape index (κ3) is 3.24. The highest BCUT2D eigenvalue weighted by Crippen LogP contribution is 2.23. The smallest absolute Gasteiger partial charge is 0.241 e. The van der Waals surface area contributed by atoms with Crippen LogP contribution in [-0.4, -0.2) is 18.6 Å². The van der Waals surface area contributed by atoms with E-state index in [0.717, 1.165) is 0 Å². The first-order valence-electron chi connectivity index (χ1n) is 5.47. The first-order valence-corrected chi connectivity index (χ1v) is 5.47. The number of anilines is 1. The quantitative estimate of drug-likeness (QED) is 0.798. The molecule has 4 nitrogen and oxygen atoms in total. The van der Waals surface area contributed by atoms with Crippen LogP contribution in [0.2, 0.25) is 0 Å². The average molecular weight is 222 g/mol. The first-order chi connectivity index (χ1) is 7.69. The van der Waals surface area contributed by atoms with E-state index in [-0.39, 0.29) is 5.91 Å². The standard InChI is InChI=1S/C12H18N2O2/c1-3-9(13)12(15)14-10-7-5-6-8-11(10)16-4-2/h5-9H,3-4,13H2,1-2H3,(H,14,15)/t9-/m0/s1. The van der Waals surface area contributed by atoms with E-state index >= 15 is 0 Å². The van der Waals surface area contributed by atoms with Gasteiger partial charge in [0.1, 0.15) is 5.75 Å². The second-order valence-corrected chi connectivity index (χ2v) is 3.43. The van der Waals surface area contributed by atoms with Gasteiger partial charge in [-0.05, 0) is 25.5 Å². The number of hydrogen-bond donors (Lipinski definition) is 2. The zero-order valence-corrected chi connectivity index (χ0v) is 9.69. The van der Waals surface area contributed by atoms with Gasteiger partial charge in [0, 0.05) is 0 Å². The molecule has 0 aliphatic heterocycles. The normalized spacial score (nSPS) is 11.9. The Kier molecular flexibility index (Phi) is 4.79. The lowest BCUT2D eigenvalue weighted by Gasteiger charge is -2.13. The zero-order valence-electron chi connectivity index (χ0n) is 9.69. The van der Waals surface area contributed by atoms with Gasteiger partial charge >= 0.3 is 0 Å². The third-order valence-corrected chi connectivity index (χ3v) is 2.22. The minimum Gasteiger partial charge on any atom is -0.492 e. The Hall–Kier alpha value is -1.55. The summed E-state index contributed by atoms with van der Waals surface area (Å²) in [5.41, 5.74) is 6.30. The van der Waals surface area contributed by atoms with Gasteiger partial charge in [0.05, 0.1) is 18.3 Å². The van der Waals surface area contributed by atoms with Crippen molar-refractivity contribution in [3.8, 4) is 5.75 Å². The Labute approximate surface area is 95.8 Å². The maximum atomic E-state index is 11.6. The van der Waals surface area contributed by atoms with Crippen molar-refractivity contribution in [2.45, 2.75) is 26.3 Å². The lowest BCUT2D eigenvalue weighted by Crippen LogP contribution is -2.34. The van der Waals surface area contributed by atoms with Crippen molar-refractivity contribution < 1.29 is 9.53 Å². The summed E-state index contributed by atoms with van der Waals surface area (Å²) in [5.74, 6) is 0.483. The maximum Gasteiger partial charge on any atom is 0.241 e. The molecule has 16 heavy (non-hydrogen) atoms. The molecule has 1 amide bonds. The number of nitrogens with two attached hydrogens (primary N) is 1. The molecule has 0 heterocycles. The van der Waals surface area contributed by atoms with Gasteiger partial charge in [-0.25, -0.2) is 0 Å². The molecule has 0 aliphatic carbocycles. The summed E-state index contributed by atoms with van der Waals surface area (Å²) in [5, 5.41) is 2.76. The molecule has 0 aromatic heterocycles. The fraction of sp³-hybridized carbons (Fsp3) is 0.417. The van der Waals surface area contributed by atoms with Crippen LogP contribution in [0.4, 0.5) is 5.69 Å². The van der Waals surface area contributed by atoms with Crippen molar-refractivity contribution in [3.05, 3.63) is 24.3 Å². The fourth-order valence-corrected chi connectivity index (χ4v) is 1.26. The highest BCUT2D eigenvalue weighted by atomic mass is 16.5. The van der Waals surface area contributed by atoms with Crippen LogP contribution in [0.1, 0.15) is 20.3 Å². The predicted molar refractivity (Wildman–Crippen MR) is 64.5 cm³/mol. The Morgan fingerprint density at radius 2 is 2.12 bits per heavy atom. The van der Waals surface area contributed by atoms with Crippen LogP contribution < -0.4 is 15.8 Å². The lowest BCUT2D eigenvalue weighted by atomic mass is 10.2. The summed E-state index contributed by atoms with van der Waals surface area (Å²) in [6, 6.07) is 6.84. The van der Waals surface area contributed by atoms with Gasteiger partial charge in [-0.15, -0.1) is 0 Å². The minimum atomic E-state index is -0.477. The lowest BCUT2D eigenvalue weighted by molar-refractivity contribution is -0.117. The molecule has 0 aliphatic rings. The van der Waals surface area contributed by atoms with Gasteiger partial charge in [-0.3, -0.25) is 4.79 Å². The number of benzene rings is 1. The summed E-state index contributed by atoms with van der Waals surface area (Å²) < 4.78 is 5.40. The number of nitrogens with one attached hydrogen (secondary N) is 1. The topological polar surface area (TPSA) is 64.3 Å². The zero-order chi connectivity index (χ0) is 12.0. The Morgan fingerprint density at radius 1 is 1.44 bits per heavy atom. The molecule has 0 spiro atoms. The molecule has 0 saturated carbocycles. The van der Waals surface area contributed by atoms with Gasteiger partial charge in [0.2, 0.25) is 5.91 Å². The maximum absolute atomic E-state index is 11.6. The van der Waals surface area contributed by atoms with Crippen LogP contribution >= 0.6 is 0 Å². The molecule has 0 fully saturated rings. The second-order valence-electron chi connectivity index (χ2n) is 3.43. The molecule has 0 radical (unpaired) electrons. The molecule has 1 aromatic rings. The summed E-state index contributed by atoms with van der Waals surface area (Å²) in [6.07, 6.45) is 0.614. The molecule has 1 aromatic carbocycles. The summed E-state index contributed by atoms with van der Waals surface area (Å²) >= 11 is 0. The SMILES string of the molecule is CCOc1ccccc1NC(=O)[C@@H](N)CC. The second kappa shape index (κ2) is 6.12. The van der Waals surface area contributed by atoms with E-state index in [9.17, 15) is 4.79 Å². The van der Waals surface area contributed by atoms with Crippen molar-refractivity contribution in [2.75, 3.05) is 11.9 Å². The van der Waals surface area contributed by atoms with E-state index in [1.54, 1.807) is 6.07 Å². The molecule has 88 valence electrons. The minimum absolute atomic E-state index is 0.186. The van der Waals surface area contributed by atoms with E-state index in [4.69, 9.17) is 10.5 Å². The highest BCUT2D eigenvalue weighted by molar-refractivity contribution is 5.95. The molecule has 4 heteroatoms. The van der Waals surface area contributed by atoms with Crippen molar-refractivity contribution in [3.63, 3.8) is 0 Å². The highest BCUT2D eigenvalue weighted by Gasteiger charge is 2.12. The largest absolute Gasteiger partial charge is 0.492 e.